The van der Waals surface area contributed by atoms with Gasteiger partial charge in [0.1, 0.15) is 17.0 Å². The van der Waals surface area contributed by atoms with Gasteiger partial charge >= 0.3 is 0 Å². The van der Waals surface area contributed by atoms with Crippen LogP contribution in [-0.4, -0.2) is 52.2 Å². The Hall–Kier alpha value is -2.71. The molecule has 1 saturated heterocycles. The van der Waals surface area contributed by atoms with Gasteiger partial charge in [0.25, 0.3) is 5.91 Å². The molecule has 4 rings (SSSR count). The summed E-state index contributed by atoms with van der Waals surface area (Å²) in [5.41, 5.74) is 1.64. The number of aromatic nitrogens is 2. The maximum Gasteiger partial charge on any atom is 0.289 e. The van der Waals surface area contributed by atoms with E-state index in [1.807, 2.05) is 6.92 Å². The number of fused-ring (bicyclic) bond motifs is 1. The highest BCUT2D eigenvalue weighted by Crippen LogP contribution is 2.19. The van der Waals surface area contributed by atoms with Crippen molar-refractivity contribution in [3.05, 3.63) is 56.7 Å². The van der Waals surface area contributed by atoms with E-state index in [0.29, 0.717) is 48.7 Å². The van der Waals surface area contributed by atoms with Gasteiger partial charge in [0.2, 0.25) is 0 Å². The Morgan fingerprint density at radius 3 is 2.67 bits per heavy atom. The van der Waals surface area contributed by atoms with E-state index in [1.165, 1.54) is 12.1 Å². The van der Waals surface area contributed by atoms with Crippen LogP contribution in [0.15, 0.2) is 38.1 Å². The van der Waals surface area contributed by atoms with E-state index < -0.39 is 0 Å². The third kappa shape index (κ3) is 3.58. The summed E-state index contributed by atoms with van der Waals surface area (Å²) in [4.78, 5) is 28.9. The number of hydrogen-bond acceptors (Lipinski definition) is 7. The molecule has 1 fully saturated rings. The molecule has 0 atom stereocenters. The van der Waals surface area contributed by atoms with Crippen LogP contribution < -0.4 is 5.43 Å². The second-order valence-electron chi connectivity index (χ2n) is 6.48. The Morgan fingerprint density at radius 2 is 1.96 bits per heavy atom. The van der Waals surface area contributed by atoms with Gasteiger partial charge < -0.3 is 9.32 Å². The number of amides is 1. The van der Waals surface area contributed by atoms with E-state index in [4.69, 9.17) is 20.6 Å². The summed E-state index contributed by atoms with van der Waals surface area (Å²) in [7, 11) is 0. The van der Waals surface area contributed by atoms with Crippen LogP contribution in [0.2, 0.25) is 5.02 Å². The predicted molar refractivity (Wildman–Crippen MR) is 97.7 cm³/mol. The SMILES string of the molecule is Cc1nonc1CN1CCN(C(=O)c2cc(=O)c3cc(Cl)ccc3o2)CC1. The Morgan fingerprint density at radius 1 is 1.19 bits per heavy atom. The molecule has 0 saturated carbocycles. The lowest BCUT2D eigenvalue weighted by Crippen LogP contribution is -2.48. The molecule has 1 aliphatic heterocycles. The summed E-state index contributed by atoms with van der Waals surface area (Å²) in [6, 6.07) is 6.00. The average Bonchev–Trinajstić information content (AvgIpc) is 3.07. The van der Waals surface area contributed by atoms with Crippen LogP contribution in [-0.2, 0) is 6.54 Å². The van der Waals surface area contributed by atoms with Crippen molar-refractivity contribution >= 4 is 28.5 Å². The molecule has 1 aliphatic rings. The number of hydrogen-bond donors (Lipinski definition) is 0. The van der Waals surface area contributed by atoms with Crippen LogP contribution in [0.4, 0.5) is 0 Å². The van der Waals surface area contributed by atoms with Crippen molar-refractivity contribution in [2.24, 2.45) is 0 Å². The Kier molecular flexibility index (Phi) is 4.67. The normalized spacial score (nSPS) is 15.4. The van der Waals surface area contributed by atoms with Gasteiger partial charge in [-0.05, 0) is 25.1 Å². The third-order valence-corrected chi connectivity index (χ3v) is 4.91. The summed E-state index contributed by atoms with van der Waals surface area (Å²) in [5, 5.41) is 8.47. The van der Waals surface area contributed by atoms with Gasteiger partial charge in [-0.15, -0.1) is 0 Å². The largest absolute Gasteiger partial charge is 0.451 e. The van der Waals surface area contributed by atoms with Gasteiger partial charge in [-0.25, -0.2) is 4.63 Å². The number of benzene rings is 1. The molecule has 0 bridgehead atoms. The van der Waals surface area contributed by atoms with E-state index in [-0.39, 0.29) is 17.1 Å². The fourth-order valence-corrected chi connectivity index (χ4v) is 3.28. The first kappa shape index (κ1) is 17.7. The lowest BCUT2D eigenvalue weighted by atomic mass is 10.2. The molecule has 2 aromatic heterocycles. The maximum atomic E-state index is 12.8. The van der Waals surface area contributed by atoms with E-state index in [9.17, 15) is 9.59 Å². The molecule has 0 aliphatic carbocycles. The molecule has 0 unspecified atom stereocenters. The highest BCUT2D eigenvalue weighted by molar-refractivity contribution is 6.31. The first-order chi connectivity index (χ1) is 13.0. The van der Waals surface area contributed by atoms with Crippen LogP contribution in [0.3, 0.4) is 0 Å². The third-order valence-electron chi connectivity index (χ3n) is 4.68. The summed E-state index contributed by atoms with van der Waals surface area (Å²) in [6.45, 7) is 4.91. The van der Waals surface area contributed by atoms with Crippen LogP contribution in [0.5, 0.6) is 0 Å². The summed E-state index contributed by atoms with van der Waals surface area (Å²) < 4.78 is 10.4. The van der Waals surface area contributed by atoms with Crippen molar-refractivity contribution in [1.82, 2.24) is 20.1 Å². The minimum Gasteiger partial charge on any atom is -0.451 e. The predicted octanol–water partition coefficient (Wildman–Crippen LogP) is 2.10. The van der Waals surface area contributed by atoms with Gasteiger partial charge in [-0.2, -0.15) is 0 Å². The smallest absolute Gasteiger partial charge is 0.289 e. The first-order valence-electron chi connectivity index (χ1n) is 8.54. The molecular formula is C18H17ClN4O4. The van der Waals surface area contributed by atoms with Gasteiger partial charge in [-0.3, -0.25) is 14.5 Å². The average molecular weight is 389 g/mol. The number of rotatable bonds is 3. The molecule has 9 heteroatoms. The molecule has 8 nitrogen and oxygen atoms in total. The molecule has 3 aromatic rings. The molecule has 1 amide bonds. The lowest BCUT2D eigenvalue weighted by Gasteiger charge is -2.33. The molecule has 0 N–H and O–H groups in total. The molecule has 0 spiro atoms. The van der Waals surface area contributed by atoms with Gasteiger partial charge in [0.15, 0.2) is 11.2 Å². The van der Waals surface area contributed by atoms with Crippen molar-refractivity contribution < 1.29 is 13.8 Å². The summed E-state index contributed by atoms with van der Waals surface area (Å²) in [6.07, 6.45) is 0. The monoisotopic (exact) mass is 388 g/mol. The summed E-state index contributed by atoms with van der Waals surface area (Å²) >= 11 is 5.91. The molecule has 0 radical (unpaired) electrons. The van der Waals surface area contributed by atoms with Gasteiger partial charge in [0.05, 0.1) is 5.39 Å². The number of halogens is 1. The minimum absolute atomic E-state index is 0.0415. The molecule has 3 heterocycles. The number of carbonyl (C=O) groups excluding carboxylic acids is 1. The first-order valence-corrected chi connectivity index (χ1v) is 8.92. The van der Waals surface area contributed by atoms with E-state index in [0.717, 1.165) is 11.4 Å². The van der Waals surface area contributed by atoms with Gasteiger partial charge in [-0.1, -0.05) is 21.9 Å². The number of aryl methyl sites for hydroxylation is 1. The lowest BCUT2D eigenvalue weighted by molar-refractivity contribution is 0.0595. The van der Waals surface area contributed by atoms with Crippen molar-refractivity contribution in [3.8, 4) is 0 Å². The van der Waals surface area contributed by atoms with Crippen molar-refractivity contribution in [1.29, 1.82) is 0 Å². The molecule has 27 heavy (non-hydrogen) atoms. The number of carbonyl (C=O) groups is 1. The zero-order chi connectivity index (χ0) is 19.0. The van der Waals surface area contributed by atoms with E-state index in [2.05, 4.69) is 15.2 Å². The second kappa shape index (κ2) is 7.13. The fraction of sp³-hybridized carbons (Fsp3) is 0.333. The Balaban J connectivity index is 1.46. The van der Waals surface area contributed by atoms with Crippen LogP contribution in [0.25, 0.3) is 11.0 Å². The highest BCUT2D eigenvalue weighted by atomic mass is 35.5. The van der Waals surface area contributed by atoms with Crippen LogP contribution >= 0.6 is 11.6 Å². The zero-order valence-corrected chi connectivity index (χ0v) is 15.4. The highest BCUT2D eigenvalue weighted by Gasteiger charge is 2.25. The second-order valence-corrected chi connectivity index (χ2v) is 6.92. The van der Waals surface area contributed by atoms with E-state index in [1.54, 1.807) is 17.0 Å². The minimum atomic E-state index is -0.289. The number of piperazine rings is 1. The Labute approximate surface area is 159 Å². The topological polar surface area (TPSA) is 92.7 Å². The molecule has 140 valence electrons. The van der Waals surface area contributed by atoms with E-state index >= 15 is 0 Å². The van der Waals surface area contributed by atoms with Crippen molar-refractivity contribution in [2.75, 3.05) is 26.2 Å². The van der Waals surface area contributed by atoms with Crippen molar-refractivity contribution in [3.63, 3.8) is 0 Å². The molecule has 1 aromatic carbocycles. The van der Waals surface area contributed by atoms with Gasteiger partial charge in [0, 0.05) is 43.8 Å². The quantitative estimate of drug-likeness (QED) is 0.678. The number of nitrogens with zero attached hydrogens (tertiary/aromatic N) is 4. The van der Waals surface area contributed by atoms with Crippen molar-refractivity contribution in [2.45, 2.75) is 13.5 Å². The summed E-state index contributed by atoms with van der Waals surface area (Å²) in [5.74, 6) is -0.247. The fourth-order valence-electron chi connectivity index (χ4n) is 3.10. The Bertz CT molecular complexity index is 1050. The van der Waals surface area contributed by atoms with Crippen LogP contribution in [0, 0.1) is 6.92 Å². The van der Waals surface area contributed by atoms with Crippen LogP contribution in [0.1, 0.15) is 21.9 Å². The maximum absolute atomic E-state index is 12.8. The zero-order valence-electron chi connectivity index (χ0n) is 14.6. The molecular weight excluding hydrogens is 372 g/mol. The standard InChI is InChI=1S/C18H17ClN4O4/c1-11-14(21-27-20-11)10-22-4-6-23(7-5-22)18(25)17-9-15(24)13-8-12(19)2-3-16(13)26-17/h2-3,8-9H,4-7,10H2,1H3.